The molecular formula is C12H20O2S. The summed E-state index contributed by atoms with van der Waals surface area (Å²) in [6, 6.07) is 2.06. The molecule has 0 aliphatic rings. The molecule has 0 aliphatic heterocycles. The number of rotatable bonds is 6. The third-order valence-electron chi connectivity index (χ3n) is 3.13. The zero-order valence-electron chi connectivity index (χ0n) is 9.44. The first kappa shape index (κ1) is 12.7. The zero-order valence-corrected chi connectivity index (χ0v) is 10.3. The smallest absolute Gasteiger partial charge is 0.0900 e. The molecular weight excluding hydrogens is 208 g/mol. The predicted octanol–water partition coefficient (Wildman–Crippen LogP) is 2.59. The lowest BCUT2D eigenvalue weighted by molar-refractivity contribution is -0.0825. The van der Waals surface area contributed by atoms with Crippen LogP contribution in [0.1, 0.15) is 38.7 Å². The molecule has 1 rings (SSSR count). The molecule has 0 saturated carbocycles. The fraction of sp³-hybridized carbons (Fsp3) is 0.667. The summed E-state index contributed by atoms with van der Waals surface area (Å²) in [5.41, 5.74) is 0.337. The van der Waals surface area contributed by atoms with Crippen LogP contribution in [0.3, 0.4) is 0 Å². The average Bonchev–Trinajstić information content (AvgIpc) is 2.77. The summed E-state index contributed by atoms with van der Waals surface area (Å²) in [5, 5.41) is 24.1. The Kier molecular flexibility index (Phi) is 4.77. The first-order valence-corrected chi connectivity index (χ1v) is 6.48. The van der Waals surface area contributed by atoms with Crippen LogP contribution < -0.4 is 0 Å². The third kappa shape index (κ3) is 3.30. The summed E-state index contributed by atoms with van der Waals surface area (Å²) in [5.74, 6) is 0. The van der Waals surface area contributed by atoms with Crippen LogP contribution in [-0.2, 0) is 6.42 Å². The Morgan fingerprint density at radius 1 is 1.40 bits per heavy atom. The average molecular weight is 228 g/mol. The molecule has 2 nitrogen and oxygen atoms in total. The predicted molar refractivity (Wildman–Crippen MR) is 64.2 cm³/mol. The lowest BCUT2D eigenvalue weighted by atomic mass is 9.87. The highest BCUT2D eigenvalue weighted by atomic mass is 32.1. The van der Waals surface area contributed by atoms with Crippen molar-refractivity contribution < 1.29 is 10.2 Å². The minimum Gasteiger partial charge on any atom is -0.390 e. The van der Waals surface area contributed by atoms with Gasteiger partial charge in [-0.15, -0.1) is 0 Å². The van der Waals surface area contributed by atoms with E-state index in [1.807, 2.05) is 19.2 Å². The molecule has 0 aromatic carbocycles. The monoisotopic (exact) mass is 228 g/mol. The van der Waals surface area contributed by atoms with Crippen LogP contribution in [0.2, 0.25) is 0 Å². The third-order valence-corrected chi connectivity index (χ3v) is 3.86. The molecule has 1 unspecified atom stereocenters. The molecule has 1 atom stereocenters. The van der Waals surface area contributed by atoms with Crippen molar-refractivity contribution in [2.45, 2.75) is 51.2 Å². The van der Waals surface area contributed by atoms with Crippen LogP contribution in [0.15, 0.2) is 16.8 Å². The van der Waals surface area contributed by atoms with Gasteiger partial charge in [0.05, 0.1) is 11.7 Å². The molecule has 1 aromatic heterocycles. The summed E-state index contributed by atoms with van der Waals surface area (Å²) in [6.07, 6.45) is 2.07. The van der Waals surface area contributed by atoms with E-state index in [0.29, 0.717) is 19.3 Å². The van der Waals surface area contributed by atoms with Gasteiger partial charge < -0.3 is 10.2 Å². The van der Waals surface area contributed by atoms with E-state index in [4.69, 9.17) is 0 Å². The molecule has 0 radical (unpaired) electrons. The normalized spacial score (nSPS) is 14.1. The molecule has 0 bridgehead atoms. The van der Waals surface area contributed by atoms with E-state index in [1.54, 1.807) is 11.3 Å². The lowest BCUT2D eigenvalue weighted by Gasteiger charge is -2.30. The quantitative estimate of drug-likeness (QED) is 0.785. The second kappa shape index (κ2) is 5.64. The van der Waals surface area contributed by atoms with Gasteiger partial charge in [-0.2, -0.15) is 11.3 Å². The molecule has 0 saturated heterocycles. The second-order valence-electron chi connectivity index (χ2n) is 4.00. The van der Waals surface area contributed by atoms with Crippen molar-refractivity contribution in [3.05, 3.63) is 22.4 Å². The van der Waals surface area contributed by atoms with Crippen LogP contribution in [0, 0.1) is 0 Å². The van der Waals surface area contributed by atoms with Gasteiger partial charge in [0.15, 0.2) is 0 Å². The van der Waals surface area contributed by atoms with Crippen molar-refractivity contribution in [3.63, 3.8) is 0 Å². The lowest BCUT2D eigenvalue weighted by Crippen LogP contribution is -2.41. The van der Waals surface area contributed by atoms with Crippen molar-refractivity contribution >= 4 is 11.3 Å². The molecule has 0 amide bonds. The molecule has 86 valence electrons. The highest BCUT2D eigenvalue weighted by Crippen LogP contribution is 2.23. The molecule has 1 heterocycles. The van der Waals surface area contributed by atoms with Crippen LogP contribution >= 0.6 is 11.3 Å². The van der Waals surface area contributed by atoms with Gasteiger partial charge >= 0.3 is 0 Å². The van der Waals surface area contributed by atoms with Crippen molar-refractivity contribution in [2.24, 2.45) is 0 Å². The highest BCUT2D eigenvalue weighted by molar-refractivity contribution is 7.07. The zero-order chi connectivity index (χ0) is 11.3. The van der Waals surface area contributed by atoms with Crippen molar-refractivity contribution in [1.29, 1.82) is 0 Å². The molecule has 1 aromatic rings. The molecule has 0 aliphatic carbocycles. The SMILES string of the molecule is CCC(O)(CC)C(O)CCc1ccsc1. The Balaban J connectivity index is 2.44. The standard InChI is InChI=1S/C12H20O2S/c1-3-12(14,4-2)11(13)6-5-10-7-8-15-9-10/h7-9,11,13-14H,3-6H2,1-2H3. The number of aryl methyl sites for hydroxylation is 1. The Labute approximate surface area is 95.6 Å². The Bertz CT molecular complexity index is 265. The van der Waals surface area contributed by atoms with Gasteiger partial charge in [-0.3, -0.25) is 0 Å². The first-order chi connectivity index (χ1) is 7.12. The minimum absolute atomic E-state index is 0.605. The number of thiophene rings is 1. The molecule has 2 N–H and O–H groups in total. The van der Waals surface area contributed by atoms with E-state index in [9.17, 15) is 10.2 Å². The fourth-order valence-electron chi connectivity index (χ4n) is 1.73. The topological polar surface area (TPSA) is 40.5 Å². The summed E-state index contributed by atoms with van der Waals surface area (Å²) >= 11 is 1.67. The maximum absolute atomic E-state index is 10.1. The van der Waals surface area contributed by atoms with E-state index in [1.165, 1.54) is 5.56 Å². The summed E-state index contributed by atoms with van der Waals surface area (Å²) in [6.45, 7) is 3.83. The second-order valence-corrected chi connectivity index (χ2v) is 4.78. The summed E-state index contributed by atoms with van der Waals surface area (Å²) in [7, 11) is 0. The van der Waals surface area contributed by atoms with Crippen molar-refractivity contribution in [1.82, 2.24) is 0 Å². The van der Waals surface area contributed by atoms with Crippen molar-refractivity contribution in [3.8, 4) is 0 Å². The molecule has 0 spiro atoms. The summed E-state index contributed by atoms with van der Waals surface area (Å²) in [4.78, 5) is 0. The van der Waals surface area contributed by atoms with Gasteiger partial charge in [0.25, 0.3) is 0 Å². The number of hydrogen-bond acceptors (Lipinski definition) is 3. The largest absolute Gasteiger partial charge is 0.390 e. The molecule has 15 heavy (non-hydrogen) atoms. The van der Waals surface area contributed by atoms with E-state index < -0.39 is 11.7 Å². The van der Waals surface area contributed by atoms with Crippen molar-refractivity contribution in [2.75, 3.05) is 0 Å². The van der Waals surface area contributed by atoms with E-state index >= 15 is 0 Å². The van der Waals surface area contributed by atoms with E-state index in [-0.39, 0.29) is 0 Å². The molecule has 3 heteroatoms. The van der Waals surface area contributed by atoms with E-state index in [2.05, 4.69) is 11.4 Å². The van der Waals surface area contributed by atoms with Gasteiger partial charge in [-0.25, -0.2) is 0 Å². The molecule has 0 fully saturated rings. The number of hydrogen-bond donors (Lipinski definition) is 2. The minimum atomic E-state index is -0.907. The Morgan fingerprint density at radius 2 is 2.07 bits per heavy atom. The number of aliphatic hydroxyl groups is 2. The maximum Gasteiger partial charge on any atom is 0.0900 e. The first-order valence-electron chi connectivity index (χ1n) is 5.54. The van der Waals surface area contributed by atoms with Gasteiger partial charge in [0, 0.05) is 0 Å². The Morgan fingerprint density at radius 3 is 2.53 bits per heavy atom. The maximum atomic E-state index is 10.1. The van der Waals surface area contributed by atoms with Crippen LogP contribution in [-0.4, -0.2) is 21.9 Å². The fourth-order valence-corrected chi connectivity index (χ4v) is 2.43. The van der Waals surface area contributed by atoms with Crippen LogP contribution in [0.5, 0.6) is 0 Å². The number of aliphatic hydroxyl groups excluding tert-OH is 1. The van der Waals surface area contributed by atoms with Crippen LogP contribution in [0.25, 0.3) is 0 Å². The van der Waals surface area contributed by atoms with Gasteiger partial charge in [-0.05, 0) is 48.1 Å². The highest BCUT2D eigenvalue weighted by Gasteiger charge is 2.31. The Hall–Kier alpha value is -0.380. The van der Waals surface area contributed by atoms with Gasteiger partial charge in [0.1, 0.15) is 0 Å². The van der Waals surface area contributed by atoms with Gasteiger partial charge in [-0.1, -0.05) is 13.8 Å². The summed E-state index contributed by atoms with van der Waals surface area (Å²) < 4.78 is 0. The van der Waals surface area contributed by atoms with Crippen LogP contribution in [0.4, 0.5) is 0 Å². The van der Waals surface area contributed by atoms with E-state index in [0.717, 1.165) is 6.42 Å². The van der Waals surface area contributed by atoms with Gasteiger partial charge in [0.2, 0.25) is 0 Å².